The highest BCUT2D eigenvalue weighted by atomic mass is 16.5. The molecule has 15 heavy (non-hydrogen) atoms. The highest BCUT2D eigenvalue weighted by molar-refractivity contribution is 4.61. The average Bonchev–Trinajstić information content (AvgIpc) is 2.24. The van der Waals surface area contributed by atoms with E-state index in [1.165, 1.54) is 0 Å². The van der Waals surface area contributed by atoms with Crippen LogP contribution in [0, 0.1) is 0 Å². The molecule has 0 aromatic carbocycles. The van der Waals surface area contributed by atoms with Crippen LogP contribution in [-0.4, -0.2) is 63.5 Å². The summed E-state index contributed by atoms with van der Waals surface area (Å²) in [6.45, 7) is 11.8. The number of hydrogen-bond acceptors (Lipinski definition) is 4. The standard InChI is InChI=1S/C11H24N2O2/c1-11(2)12-3-7-14-8-4-13-5-9-15-10-6-13/h11-12H,3-10H2,1-2H3. The van der Waals surface area contributed by atoms with E-state index < -0.39 is 0 Å². The Morgan fingerprint density at radius 3 is 2.67 bits per heavy atom. The third kappa shape index (κ3) is 6.84. The summed E-state index contributed by atoms with van der Waals surface area (Å²) in [6.07, 6.45) is 0. The zero-order valence-corrected chi connectivity index (χ0v) is 10.00. The molecule has 1 heterocycles. The van der Waals surface area contributed by atoms with Crippen LogP contribution in [-0.2, 0) is 9.47 Å². The van der Waals surface area contributed by atoms with E-state index in [2.05, 4.69) is 24.1 Å². The molecular formula is C11H24N2O2. The van der Waals surface area contributed by atoms with E-state index in [4.69, 9.17) is 9.47 Å². The average molecular weight is 216 g/mol. The van der Waals surface area contributed by atoms with Crippen molar-refractivity contribution >= 4 is 0 Å². The Bertz CT molecular complexity index is 148. The van der Waals surface area contributed by atoms with Crippen LogP contribution in [0.4, 0.5) is 0 Å². The second kappa shape index (κ2) is 8.05. The molecule has 0 unspecified atom stereocenters. The maximum Gasteiger partial charge on any atom is 0.0594 e. The second-order valence-corrected chi connectivity index (χ2v) is 4.18. The Morgan fingerprint density at radius 1 is 1.27 bits per heavy atom. The smallest absolute Gasteiger partial charge is 0.0594 e. The minimum absolute atomic E-state index is 0.549. The van der Waals surface area contributed by atoms with E-state index in [-0.39, 0.29) is 0 Å². The molecule has 4 heteroatoms. The lowest BCUT2D eigenvalue weighted by atomic mass is 10.4. The molecule has 0 aliphatic carbocycles. The lowest BCUT2D eigenvalue weighted by Gasteiger charge is -2.26. The fourth-order valence-corrected chi connectivity index (χ4v) is 1.54. The van der Waals surface area contributed by atoms with Gasteiger partial charge >= 0.3 is 0 Å². The molecule has 1 N–H and O–H groups in total. The first-order valence-corrected chi connectivity index (χ1v) is 5.90. The molecule has 0 atom stereocenters. The van der Waals surface area contributed by atoms with Crippen molar-refractivity contribution in [2.24, 2.45) is 0 Å². The van der Waals surface area contributed by atoms with Crippen molar-refractivity contribution in [2.45, 2.75) is 19.9 Å². The summed E-state index contributed by atoms with van der Waals surface area (Å²) in [5, 5.41) is 3.33. The fraction of sp³-hybridized carbons (Fsp3) is 1.00. The number of rotatable bonds is 7. The molecule has 1 aliphatic rings. The van der Waals surface area contributed by atoms with Gasteiger partial charge in [-0.2, -0.15) is 0 Å². The van der Waals surface area contributed by atoms with Crippen molar-refractivity contribution in [1.82, 2.24) is 10.2 Å². The summed E-state index contributed by atoms with van der Waals surface area (Å²) >= 11 is 0. The van der Waals surface area contributed by atoms with Gasteiger partial charge in [0.25, 0.3) is 0 Å². The van der Waals surface area contributed by atoms with Crippen molar-refractivity contribution < 1.29 is 9.47 Å². The Labute approximate surface area is 92.9 Å². The van der Waals surface area contributed by atoms with Crippen molar-refractivity contribution in [3.63, 3.8) is 0 Å². The van der Waals surface area contributed by atoms with Gasteiger partial charge in [-0.15, -0.1) is 0 Å². The first-order chi connectivity index (χ1) is 7.29. The van der Waals surface area contributed by atoms with E-state index in [1.807, 2.05) is 0 Å². The van der Waals surface area contributed by atoms with E-state index in [1.54, 1.807) is 0 Å². The molecule has 0 aromatic heterocycles. The first-order valence-electron chi connectivity index (χ1n) is 5.90. The van der Waals surface area contributed by atoms with Crippen molar-refractivity contribution in [1.29, 1.82) is 0 Å². The maximum atomic E-state index is 5.54. The van der Waals surface area contributed by atoms with E-state index >= 15 is 0 Å². The molecule has 90 valence electrons. The first kappa shape index (κ1) is 12.9. The predicted molar refractivity (Wildman–Crippen MR) is 61.2 cm³/mol. The quantitative estimate of drug-likeness (QED) is 0.622. The van der Waals surface area contributed by atoms with Gasteiger partial charge in [-0.1, -0.05) is 13.8 Å². The van der Waals surface area contributed by atoms with Gasteiger partial charge in [0.15, 0.2) is 0 Å². The zero-order valence-electron chi connectivity index (χ0n) is 10.00. The number of hydrogen-bond donors (Lipinski definition) is 1. The van der Waals surface area contributed by atoms with Gasteiger partial charge in [0, 0.05) is 32.2 Å². The summed E-state index contributed by atoms with van der Waals surface area (Å²) in [6, 6.07) is 0.549. The van der Waals surface area contributed by atoms with Gasteiger partial charge in [0.1, 0.15) is 0 Å². The van der Waals surface area contributed by atoms with Gasteiger partial charge in [-0.05, 0) is 0 Å². The van der Waals surface area contributed by atoms with Crippen molar-refractivity contribution in [2.75, 3.05) is 52.6 Å². The minimum Gasteiger partial charge on any atom is -0.379 e. The Hall–Kier alpha value is -0.160. The van der Waals surface area contributed by atoms with Crippen LogP contribution in [0.2, 0.25) is 0 Å². The number of nitrogens with zero attached hydrogens (tertiary/aromatic N) is 1. The van der Waals surface area contributed by atoms with Crippen LogP contribution in [0.15, 0.2) is 0 Å². The largest absolute Gasteiger partial charge is 0.379 e. The summed E-state index contributed by atoms with van der Waals surface area (Å²) in [4.78, 5) is 2.39. The highest BCUT2D eigenvalue weighted by Crippen LogP contribution is 1.95. The van der Waals surface area contributed by atoms with Crippen molar-refractivity contribution in [3.8, 4) is 0 Å². The third-order valence-electron chi connectivity index (χ3n) is 2.45. The monoisotopic (exact) mass is 216 g/mol. The highest BCUT2D eigenvalue weighted by Gasteiger charge is 2.08. The van der Waals surface area contributed by atoms with Crippen LogP contribution in [0.1, 0.15) is 13.8 Å². The summed E-state index contributed by atoms with van der Waals surface area (Å²) in [5.41, 5.74) is 0. The minimum atomic E-state index is 0.549. The molecule has 1 aliphatic heterocycles. The van der Waals surface area contributed by atoms with E-state index in [0.29, 0.717) is 6.04 Å². The molecule has 0 radical (unpaired) electrons. The Kier molecular flexibility index (Phi) is 6.92. The van der Waals surface area contributed by atoms with Gasteiger partial charge < -0.3 is 14.8 Å². The van der Waals surface area contributed by atoms with Crippen LogP contribution < -0.4 is 5.32 Å². The third-order valence-corrected chi connectivity index (χ3v) is 2.45. The van der Waals surface area contributed by atoms with Gasteiger partial charge in [0.2, 0.25) is 0 Å². The molecule has 0 spiro atoms. The lowest BCUT2D eigenvalue weighted by Crippen LogP contribution is -2.38. The number of nitrogens with one attached hydrogen (secondary N) is 1. The fourth-order valence-electron chi connectivity index (χ4n) is 1.54. The summed E-state index contributed by atoms with van der Waals surface area (Å²) < 4.78 is 10.8. The number of ether oxygens (including phenoxy) is 2. The Balaban J connectivity index is 1.83. The molecule has 0 bridgehead atoms. The van der Waals surface area contributed by atoms with Gasteiger partial charge in [-0.25, -0.2) is 0 Å². The lowest BCUT2D eigenvalue weighted by molar-refractivity contribution is 0.0207. The van der Waals surface area contributed by atoms with Gasteiger partial charge in [0.05, 0.1) is 26.4 Å². The van der Waals surface area contributed by atoms with Crippen LogP contribution in [0.3, 0.4) is 0 Å². The molecule has 0 aromatic rings. The normalized spacial score (nSPS) is 18.6. The molecule has 1 saturated heterocycles. The topological polar surface area (TPSA) is 33.7 Å². The van der Waals surface area contributed by atoms with Crippen molar-refractivity contribution in [3.05, 3.63) is 0 Å². The molecule has 0 saturated carbocycles. The van der Waals surface area contributed by atoms with E-state index in [9.17, 15) is 0 Å². The van der Waals surface area contributed by atoms with Crippen LogP contribution in [0.5, 0.6) is 0 Å². The predicted octanol–water partition coefficient (Wildman–Crippen LogP) is 0.333. The van der Waals surface area contributed by atoms with Crippen LogP contribution >= 0.6 is 0 Å². The molecule has 1 rings (SSSR count). The molecular weight excluding hydrogens is 192 g/mol. The summed E-state index contributed by atoms with van der Waals surface area (Å²) in [5.74, 6) is 0. The zero-order chi connectivity index (χ0) is 10.9. The SMILES string of the molecule is CC(C)NCCOCCN1CCOCC1. The molecule has 0 amide bonds. The summed E-state index contributed by atoms with van der Waals surface area (Å²) in [7, 11) is 0. The molecule has 4 nitrogen and oxygen atoms in total. The van der Waals surface area contributed by atoms with E-state index in [0.717, 1.165) is 52.6 Å². The van der Waals surface area contributed by atoms with Crippen LogP contribution in [0.25, 0.3) is 0 Å². The maximum absolute atomic E-state index is 5.54. The molecule has 1 fully saturated rings. The second-order valence-electron chi connectivity index (χ2n) is 4.18. The van der Waals surface area contributed by atoms with Gasteiger partial charge in [-0.3, -0.25) is 4.90 Å². The Morgan fingerprint density at radius 2 is 2.00 bits per heavy atom. The number of morpholine rings is 1.